The highest BCUT2D eigenvalue weighted by atomic mass is 31.1. The first-order valence-electron chi connectivity index (χ1n) is 11.6. The minimum absolute atomic E-state index is 0.0209. The first-order valence-corrected chi connectivity index (χ1v) is 12.7. The Morgan fingerprint density at radius 2 is 2.03 bits per heavy atom. The van der Waals surface area contributed by atoms with E-state index in [2.05, 4.69) is 13.0 Å². The third-order valence-corrected chi connectivity index (χ3v) is 7.38. The van der Waals surface area contributed by atoms with Crippen LogP contribution in [-0.2, 0) is 43.8 Å². The molecular weight excluding hydrogens is 471 g/mol. The first-order chi connectivity index (χ1) is 16.8. The zero-order valence-corrected chi connectivity index (χ0v) is 20.6. The summed E-state index contributed by atoms with van der Waals surface area (Å²) in [5.41, 5.74) is 1.84. The van der Waals surface area contributed by atoms with Crippen molar-refractivity contribution in [2.24, 2.45) is 0 Å². The molecule has 1 unspecified atom stereocenters. The fraction of sp³-hybridized carbons (Fsp3) is 0.400. The highest BCUT2D eigenvalue weighted by molar-refractivity contribution is 7.30. The number of aryl methyl sites for hydroxylation is 1. The van der Waals surface area contributed by atoms with Crippen molar-refractivity contribution in [1.82, 2.24) is 9.55 Å². The van der Waals surface area contributed by atoms with Crippen LogP contribution in [0.1, 0.15) is 55.4 Å². The number of ether oxygens (including phenoxy) is 2. The van der Waals surface area contributed by atoms with E-state index in [-0.39, 0.29) is 36.3 Å². The fourth-order valence-corrected chi connectivity index (χ4v) is 5.68. The number of unbranched alkanes of at least 4 members (excludes halogenated alkanes) is 1. The zero-order chi connectivity index (χ0) is 24.9. The minimum atomic E-state index is -3.38. The van der Waals surface area contributed by atoms with Gasteiger partial charge in [-0.3, -0.25) is 4.79 Å². The SMILES string of the molecule is CCCCc1ccc2nc3c(c(OC)c2c1)Cn1c-3cc2c(c1=O)COC(=O)[C@@]2(CC)O[P+](=O)[O-]. The quantitative estimate of drug-likeness (QED) is 0.282. The molecule has 2 aliphatic rings. The number of nitrogens with zero attached hydrogens (tertiary/aromatic N) is 2. The average molecular weight is 496 g/mol. The van der Waals surface area contributed by atoms with Crippen molar-refractivity contribution >= 4 is 25.1 Å². The molecule has 0 saturated carbocycles. The standard InChI is InChI=1S/C25H25N2O7P/c1-4-6-7-14-8-9-19-15(10-14)22(32-3)16-12-27-20(21(16)26-19)11-18-17(23(27)28)13-33-24(29)25(18,5-2)34-35(30)31/h8-11H,4-7,12-13H2,1-3H3/t25-/m0/s1. The van der Waals surface area contributed by atoms with E-state index >= 15 is 0 Å². The Balaban J connectivity index is 1.74. The van der Waals surface area contributed by atoms with Crippen molar-refractivity contribution in [1.29, 1.82) is 0 Å². The van der Waals surface area contributed by atoms with Crippen molar-refractivity contribution in [3.63, 3.8) is 0 Å². The van der Waals surface area contributed by atoms with Crippen LogP contribution >= 0.6 is 8.25 Å². The second-order valence-corrected chi connectivity index (χ2v) is 9.44. The van der Waals surface area contributed by atoms with Crippen molar-refractivity contribution in [2.45, 2.75) is 58.3 Å². The monoisotopic (exact) mass is 496 g/mol. The summed E-state index contributed by atoms with van der Waals surface area (Å²) in [6.45, 7) is 3.75. The number of methoxy groups -OCH3 is 1. The molecule has 35 heavy (non-hydrogen) atoms. The van der Waals surface area contributed by atoms with E-state index in [1.807, 2.05) is 12.1 Å². The van der Waals surface area contributed by atoms with E-state index in [4.69, 9.17) is 19.0 Å². The van der Waals surface area contributed by atoms with Crippen LogP contribution in [0, 0.1) is 0 Å². The first kappa shape index (κ1) is 23.6. The van der Waals surface area contributed by atoms with E-state index in [0.717, 1.165) is 35.7 Å². The zero-order valence-electron chi connectivity index (χ0n) is 19.8. The van der Waals surface area contributed by atoms with E-state index in [9.17, 15) is 19.0 Å². The summed E-state index contributed by atoms with van der Waals surface area (Å²) in [4.78, 5) is 42.6. The van der Waals surface area contributed by atoms with Crippen LogP contribution in [0.2, 0.25) is 0 Å². The van der Waals surface area contributed by atoms with Gasteiger partial charge >= 0.3 is 14.2 Å². The Bertz CT molecular complexity index is 1450. The summed E-state index contributed by atoms with van der Waals surface area (Å²) in [6, 6.07) is 7.71. The second kappa shape index (κ2) is 8.82. The maximum Gasteiger partial charge on any atom is 0.490 e. The summed E-state index contributed by atoms with van der Waals surface area (Å²) < 4.78 is 29.2. The van der Waals surface area contributed by atoms with Crippen molar-refractivity contribution in [2.75, 3.05) is 7.11 Å². The molecular formula is C25H25N2O7P. The van der Waals surface area contributed by atoms with Gasteiger partial charge in [-0.2, -0.15) is 0 Å². The van der Waals surface area contributed by atoms with Crippen LogP contribution in [0.15, 0.2) is 29.1 Å². The molecule has 0 aliphatic carbocycles. The number of benzene rings is 1. The Hall–Kier alpha value is -3.13. The lowest BCUT2D eigenvalue weighted by Crippen LogP contribution is -2.45. The van der Waals surface area contributed by atoms with E-state index < -0.39 is 19.8 Å². The molecule has 5 rings (SSSR count). The van der Waals surface area contributed by atoms with Gasteiger partial charge in [0.25, 0.3) is 5.56 Å². The highest BCUT2D eigenvalue weighted by Gasteiger charge is 2.52. The van der Waals surface area contributed by atoms with Crippen LogP contribution in [-0.4, -0.2) is 22.6 Å². The van der Waals surface area contributed by atoms with Crippen molar-refractivity contribution < 1.29 is 28.3 Å². The third kappa shape index (κ3) is 3.57. The molecule has 2 aliphatic heterocycles. The molecule has 0 amide bonds. The van der Waals surface area contributed by atoms with Gasteiger partial charge in [-0.15, -0.1) is 4.52 Å². The minimum Gasteiger partial charge on any atom is -0.566 e. The lowest BCUT2D eigenvalue weighted by molar-refractivity contribution is -0.207. The number of pyridine rings is 2. The van der Waals surface area contributed by atoms with E-state index in [0.29, 0.717) is 17.1 Å². The summed E-state index contributed by atoms with van der Waals surface area (Å²) in [7, 11) is -1.79. The molecule has 2 atom stereocenters. The lowest BCUT2D eigenvalue weighted by atomic mass is 9.86. The molecule has 2 aromatic heterocycles. The maximum absolute atomic E-state index is 13.5. The Morgan fingerprint density at radius 1 is 1.23 bits per heavy atom. The Morgan fingerprint density at radius 3 is 2.71 bits per heavy atom. The molecule has 0 fully saturated rings. The topological polar surface area (TPSA) is 120 Å². The molecule has 0 N–H and O–H groups in total. The molecule has 4 heterocycles. The van der Waals surface area contributed by atoms with E-state index in [1.165, 1.54) is 5.56 Å². The van der Waals surface area contributed by atoms with Gasteiger partial charge in [0.2, 0.25) is 5.60 Å². The number of carbonyl (C=O) groups excluding carboxylic acids is 1. The number of fused-ring (bicyclic) bond motifs is 5. The fourth-order valence-electron chi connectivity index (χ4n) is 5.13. The largest absolute Gasteiger partial charge is 0.566 e. The number of cyclic esters (lactones) is 1. The summed E-state index contributed by atoms with van der Waals surface area (Å²) in [5, 5.41) is 0.874. The van der Waals surface area contributed by atoms with Crippen LogP contribution in [0.3, 0.4) is 0 Å². The van der Waals surface area contributed by atoms with Gasteiger partial charge in [0, 0.05) is 16.5 Å². The van der Waals surface area contributed by atoms with Crippen molar-refractivity contribution in [3.05, 3.63) is 56.9 Å². The van der Waals surface area contributed by atoms with Gasteiger partial charge in [-0.05, 0) is 47.6 Å². The third-order valence-electron chi connectivity index (χ3n) is 6.92. The van der Waals surface area contributed by atoms with Crippen LogP contribution < -0.4 is 15.2 Å². The molecule has 3 aromatic rings. The molecule has 182 valence electrons. The number of hydrogen-bond donors (Lipinski definition) is 0. The van der Waals surface area contributed by atoms with Gasteiger partial charge in [0.15, 0.2) is 0 Å². The highest BCUT2D eigenvalue weighted by Crippen LogP contribution is 2.45. The van der Waals surface area contributed by atoms with Gasteiger partial charge in [-0.25, -0.2) is 9.78 Å². The number of carbonyl (C=O) groups is 1. The maximum atomic E-state index is 13.5. The number of esters is 1. The Labute approximate surface area is 202 Å². The predicted molar refractivity (Wildman–Crippen MR) is 126 cm³/mol. The lowest BCUT2D eigenvalue weighted by Gasteiger charge is -2.31. The summed E-state index contributed by atoms with van der Waals surface area (Å²) in [6.07, 6.45) is 3.10. The molecule has 0 radical (unpaired) electrons. The normalized spacial score (nSPS) is 18.6. The second-order valence-electron chi connectivity index (χ2n) is 8.81. The van der Waals surface area contributed by atoms with Gasteiger partial charge in [0.1, 0.15) is 12.4 Å². The molecule has 10 heteroatoms. The molecule has 0 bridgehead atoms. The molecule has 9 nitrogen and oxygen atoms in total. The summed E-state index contributed by atoms with van der Waals surface area (Å²) >= 11 is 0. The van der Waals surface area contributed by atoms with Crippen LogP contribution in [0.5, 0.6) is 5.75 Å². The summed E-state index contributed by atoms with van der Waals surface area (Å²) in [5.74, 6) is -0.185. The van der Waals surface area contributed by atoms with Gasteiger partial charge < -0.3 is 18.9 Å². The van der Waals surface area contributed by atoms with Crippen LogP contribution in [0.25, 0.3) is 22.3 Å². The number of aromatic nitrogens is 2. The number of rotatable bonds is 7. The average Bonchev–Trinajstić information content (AvgIpc) is 3.21. The number of hydrogen-bond acceptors (Lipinski definition) is 8. The smallest absolute Gasteiger partial charge is 0.490 e. The molecule has 0 spiro atoms. The van der Waals surface area contributed by atoms with Gasteiger partial charge in [0.05, 0.1) is 36.1 Å². The molecule has 0 saturated heterocycles. The van der Waals surface area contributed by atoms with Crippen LogP contribution in [0.4, 0.5) is 0 Å². The van der Waals surface area contributed by atoms with E-state index in [1.54, 1.807) is 24.7 Å². The van der Waals surface area contributed by atoms with Crippen molar-refractivity contribution in [3.8, 4) is 17.1 Å². The predicted octanol–water partition coefficient (Wildman–Crippen LogP) is 3.47. The Kier molecular flexibility index (Phi) is 5.95. The van der Waals surface area contributed by atoms with Gasteiger partial charge in [-0.1, -0.05) is 26.3 Å². The molecule has 1 aromatic carbocycles.